The van der Waals surface area contributed by atoms with Gasteiger partial charge < -0.3 is 24.9 Å². The fraction of sp³-hybridized carbons (Fsp3) is 0.842. The van der Waals surface area contributed by atoms with Crippen molar-refractivity contribution in [3.8, 4) is 0 Å². The molecule has 3 atom stereocenters. The molecule has 4 rings (SSSR count). The molecule has 0 spiro atoms. The summed E-state index contributed by atoms with van der Waals surface area (Å²) >= 11 is 0. The Morgan fingerprint density at radius 2 is 1.78 bits per heavy atom. The summed E-state index contributed by atoms with van der Waals surface area (Å²) in [5.74, 6) is 1.13. The molecule has 0 radical (unpaired) electrons. The van der Waals surface area contributed by atoms with Crippen molar-refractivity contribution in [3.63, 3.8) is 0 Å². The zero-order valence-electron chi connectivity index (χ0n) is 16.2. The molecule has 1 N–H and O–H groups in total. The predicted molar refractivity (Wildman–Crippen MR) is 100 cm³/mol. The first-order chi connectivity index (χ1) is 13.1. The molecule has 0 aromatic heterocycles. The summed E-state index contributed by atoms with van der Waals surface area (Å²) in [6.07, 6.45) is 3.89. The van der Waals surface area contributed by atoms with Crippen LogP contribution in [0.1, 0.15) is 32.6 Å². The molecule has 8 heteroatoms. The van der Waals surface area contributed by atoms with Gasteiger partial charge in [0, 0.05) is 64.8 Å². The topological polar surface area (TPSA) is 76.2 Å². The lowest BCUT2D eigenvalue weighted by molar-refractivity contribution is -0.144. The van der Waals surface area contributed by atoms with Crippen LogP contribution in [0.4, 0.5) is 9.59 Å². The third-order valence-corrected chi connectivity index (χ3v) is 6.62. The first kappa shape index (κ1) is 18.4. The average Bonchev–Trinajstić information content (AvgIpc) is 2.68. The van der Waals surface area contributed by atoms with Gasteiger partial charge in [-0.3, -0.25) is 4.79 Å². The first-order valence-electron chi connectivity index (χ1n) is 10.4. The second-order valence-corrected chi connectivity index (χ2v) is 8.36. The maximum Gasteiger partial charge on any atom is 0.320 e. The van der Waals surface area contributed by atoms with Crippen LogP contribution in [-0.4, -0.2) is 96.0 Å². The van der Waals surface area contributed by atoms with E-state index < -0.39 is 0 Å². The Morgan fingerprint density at radius 3 is 2.52 bits per heavy atom. The number of hydrogen-bond acceptors (Lipinski definition) is 3. The van der Waals surface area contributed by atoms with Gasteiger partial charge in [0.2, 0.25) is 5.91 Å². The Kier molecular flexibility index (Phi) is 5.14. The van der Waals surface area contributed by atoms with Crippen LogP contribution >= 0.6 is 0 Å². The van der Waals surface area contributed by atoms with Crippen LogP contribution in [0.15, 0.2) is 0 Å². The van der Waals surface area contributed by atoms with Crippen LogP contribution < -0.4 is 5.32 Å². The Morgan fingerprint density at radius 1 is 1.04 bits per heavy atom. The second kappa shape index (κ2) is 7.56. The molecule has 0 aliphatic carbocycles. The third kappa shape index (κ3) is 3.58. The summed E-state index contributed by atoms with van der Waals surface area (Å²) in [6.45, 7) is 7.22. The Hall–Kier alpha value is -1.99. The number of fused-ring (bicyclic) bond motifs is 4. The number of amides is 5. The molecule has 27 heavy (non-hydrogen) atoms. The van der Waals surface area contributed by atoms with Crippen LogP contribution in [0.25, 0.3) is 0 Å². The van der Waals surface area contributed by atoms with E-state index in [1.165, 1.54) is 0 Å². The first-order valence-corrected chi connectivity index (χ1v) is 10.4. The van der Waals surface area contributed by atoms with E-state index in [0.717, 1.165) is 38.9 Å². The van der Waals surface area contributed by atoms with Gasteiger partial charge in [-0.25, -0.2) is 9.59 Å². The van der Waals surface area contributed by atoms with Crippen LogP contribution in [-0.2, 0) is 4.79 Å². The normalized spacial score (nSPS) is 30.9. The standard InChI is InChI=1S/C19H31N5O3/c1-2-20-18(26)21-6-8-22(9-7-21)19(27)23-11-14-10-15(13-23)16-4-3-5-17(25)24(16)12-14/h14-16H,2-13H2,1H3,(H,20,26)/t14-,15-,16-/m1/s1. The van der Waals surface area contributed by atoms with Crippen LogP contribution in [0, 0.1) is 11.8 Å². The fourth-order valence-corrected chi connectivity index (χ4v) is 5.33. The van der Waals surface area contributed by atoms with Gasteiger partial charge in [-0.15, -0.1) is 0 Å². The molecule has 8 nitrogen and oxygen atoms in total. The number of rotatable bonds is 1. The van der Waals surface area contributed by atoms with Crippen molar-refractivity contribution in [3.05, 3.63) is 0 Å². The van der Waals surface area contributed by atoms with Crippen molar-refractivity contribution in [2.24, 2.45) is 11.8 Å². The molecular formula is C19H31N5O3. The van der Waals surface area contributed by atoms with Crippen LogP contribution in [0.5, 0.6) is 0 Å². The molecule has 4 aliphatic heterocycles. The molecule has 0 unspecified atom stereocenters. The van der Waals surface area contributed by atoms with E-state index in [-0.39, 0.29) is 12.1 Å². The quantitative estimate of drug-likeness (QED) is 0.734. The Bertz CT molecular complexity index is 604. The monoisotopic (exact) mass is 377 g/mol. The summed E-state index contributed by atoms with van der Waals surface area (Å²) in [7, 11) is 0. The van der Waals surface area contributed by atoms with Gasteiger partial charge >= 0.3 is 12.1 Å². The minimum Gasteiger partial charge on any atom is -0.339 e. The van der Waals surface area contributed by atoms with E-state index in [1.807, 2.05) is 16.7 Å². The molecule has 4 saturated heterocycles. The highest BCUT2D eigenvalue weighted by Gasteiger charge is 2.45. The summed E-state index contributed by atoms with van der Waals surface area (Å²) in [5.41, 5.74) is 0. The number of nitrogens with zero attached hydrogens (tertiary/aromatic N) is 4. The van der Waals surface area contributed by atoms with E-state index in [4.69, 9.17) is 0 Å². The van der Waals surface area contributed by atoms with E-state index in [2.05, 4.69) is 10.2 Å². The van der Waals surface area contributed by atoms with Gasteiger partial charge in [-0.1, -0.05) is 0 Å². The molecule has 0 saturated carbocycles. The molecule has 5 amide bonds. The lowest BCUT2D eigenvalue weighted by Gasteiger charge is -2.53. The van der Waals surface area contributed by atoms with Crippen molar-refractivity contribution in [2.75, 3.05) is 52.4 Å². The van der Waals surface area contributed by atoms with E-state index >= 15 is 0 Å². The minimum atomic E-state index is -0.0424. The highest BCUT2D eigenvalue weighted by Crippen LogP contribution is 2.38. The van der Waals surface area contributed by atoms with Crippen molar-refractivity contribution in [2.45, 2.75) is 38.6 Å². The molecule has 4 fully saturated rings. The number of nitrogens with one attached hydrogen (secondary N) is 1. The van der Waals surface area contributed by atoms with Crippen molar-refractivity contribution < 1.29 is 14.4 Å². The zero-order chi connectivity index (χ0) is 19.0. The van der Waals surface area contributed by atoms with Gasteiger partial charge in [0.15, 0.2) is 0 Å². The average molecular weight is 377 g/mol. The van der Waals surface area contributed by atoms with Crippen molar-refractivity contribution >= 4 is 18.0 Å². The smallest absolute Gasteiger partial charge is 0.320 e. The summed E-state index contributed by atoms with van der Waals surface area (Å²) in [5, 5.41) is 2.82. The number of carbonyl (C=O) groups is 3. The maximum atomic E-state index is 13.1. The highest BCUT2D eigenvalue weighted by molar-refractivity contribution is 5.78. The summed E-state index contributed by atoms with van der Waals surface area (Å²) < 4.78 is 0. The summed E-state index contributed by atoms with van der Waals surface area (Å²) in [6, 6.07) is 0.391. The van der Waals surface area contributed by atoms with Gasteiger partial charge in [-0.2, -0.15) is 0 Å². The number of piperazine rings is 1. The predicted octanol–water partition coefficient (Wildman–Crippen LogP) is 0.786. The van der Waals surface area contributed by atoms with E-state index in [9.17, 15) is 14.4 Å². The van der Waals surface area contributed by atoms with Gasteiger partial charge in [0.1, 0.15) is 0 Å². The molecule has 4 heterocycles. The Labute approximate surface area is 160 Å². The van der Waals surface area contributed by atoms with Crippen LogP contribution in [0.3, 0.4) is 0 Å². The second-order valence-electron chi connectivity index (χ2n) is 8.36. The molecule has 2 bridgehead atoms. The van der Waals surface area contributed by atoms with Crippen LogP contribution in [0.2, 0.25) is 0 Å². The fourth-order valence-electron chi connectivity index (χ4n) is 5.33. The lowest BCUT2D eigenvalue weighted by Crippen LogP contribution is -2.63. The van der Waals surface area contributed by atoms with E-state index in [0.29, 0.717) is 62.9 Å². The lowest BCUT2D eigenvalue weighted by atomic mass is 9.76. The SMILES string of the molecule is CCNC(=O)N1CCN(C(=O)N2C[C@H]3C[C@H](C2)[C@H]2CCCC(=O)N2C3)CC1. The largest absolute Gasteiger partial charge is 0.339 e. The number of carbonyl (C=O) groups excluding carboxylic acids is 3. The maximum absolute atomic E-state index is 13.1. The van der Waals surface area contributed by atoms with Gasteiger partial charge in [0.05, 0.1) is 0 Å². The number of hydrogen-bond donors (Lipinski definition) is 1. The van der Waals surface area contributed by atoms with Crippen molar-refractivity contribution in [1.82, 2.24) is 24.9 Å². The van der Waals surface area contributed by atoms with Crippen molar-refractivity contribution in [1.29, 1.82) is 0 Å². The van der Waals surface area contributed by atoms with E-state index in [1.54, 1.807) is 4.90 Å². The van der Waals surface area contributed by atoms with Gasteiger partial charge in [0.25, 0.3) is 0 Å². The Balaban J connectivity index is 1.34. The third-order valence-electron chi connectivity index (χ3n) is 6.62. The molecule has 150 valence electrons. The molecular weight excluding hydrogens is 346 g/mol. The molecule has 0 aromatic carbocycles. The number of piperidine rings is 3. The minimum absolute atomic E-state index is 0.0424. The summed E-state index contributed by atoms with van der Waals surface area (Å²) in [4.78, 5) is 45.0. The highest BCUT2D eigenvalue weighted by atomic mass is 16.2. The number of urea groups is 2. The number of likely N-dealkylation sites (tertiary alicyclic amines) is 1. The zero-order valence-corrected chi connectivity index (χ0v) is 16.2. The molecule has 4 aliphatic rings. The van der Waals surface area contributed by atoms with Gasteiger partial charge in [-0.05, 0) is 38.0 Å². The molecule has 0 aromatic rings.